The predicted octanol–water partition coefficient (Wildman–Crippen LogP) is 6.21. The third-order valence-electron chi connectivity index (χ3n) is 6.75. The zero-order chi connectivity index (χ0) is 25.6. The van der Waals surface area contributed by atoms with E-state index >= 15 is 0 Å². The summed E-state index contributed by atoms with van der Waals surface area (Å²) in [4.78, 5) is 43.4. The molecule has 0 aliphatic heterocycles. The maximum Gasteiger partial charge on any atom is 0.292 e. The van der Waals surface area contributed by atoms with Crippen molar-refractivity contribution < 1.29 is 14.4 Å². The summed E-state index contributed by atoms with van der Waals surface area (Å²) in [5.74, 6) is -0.0523. The summed E-state index contributed by atoms with van der Waals surface area (Å²) in [5, 5.41) is 1.42. The number of hydrogen-bond acceptors (Lipinski definition) is 4. The Labute approximate surface area is 208 Å². The van der Waals surface area contributed by atoms with Gasteiger partial charge in [-0.05, 0) is 43.0 Å². The number of Topliss-reactive ketones (excluding diaryl/α,β-unsaturated/α-hetero) is 2. The lowest BCUT2D eigenvalue weighted by molar-refractivity contribution is 0.100. The zero-order valence-electron chi connectivity index (χ0n) is 20.6. The van der Waals surface area contributed by atoms with Gasteiger partial charge in [-0.15, -0.1) is 4.73 Å². The highest BCUT2D eigenvalue weighted by Crippen LogP contribution is 2.45. The quantitative estimate of drug-likeness (QED) is 0.283. The van der Waals surface area contributed by atoms with Gasteiger partial charge in [0.05, 0.1) is 11.1 Å². The molecule has 5 nitrogen and oxygen atoms in total. The van der Waals surface area contributed by atoms with Crippen molar-refractivity contribution in [3.8, 4) is 33.5 Å². The van der Waals surface area contributed by atoms with E-state index in [0.29, 0.717) is 22.2 Å². The largest absolute Gasteiger partial charge is 0.413 e. The number of ketones is 2. The van der Waals surface area contributed by atoms with Crippen LogP contribution in [0.1, 0.15) is 40.1 Å². The van der Waals surface area contributed by atoms with Crippen LogP contribution in [-0.4, -0.2) is 23.4 Å². The summed E-state index contributed by atoms with van der Waals surface area (Å²) in [6.45, 7) is 5.08. The molecule has 36 heavy (non-hydrogen) atoms. The normalized spacial score (nSPS) is 11.1. The molecule has 3 aromatic rings. The summed E-state index contributed by atoms with van der Waals surface area (Å²) < 4.78 is 1.32. The first-order chi connectivity index (χ1) is 17.3. The van der Waals surface area contributed by atoms with Crippen molar-refractivity contribution >= 4 is 22.3 Å². The van der Waals surface area contributed by atoms with Gasteiger partial charge in [-0.2, -0.15) is 0 Å². The maximum absolute atomic E-state index is 13.9. The third-order valence-corrected chi connectivity index (χ3v) is 6.75. The fourth-order valence-corrected chi connectivity index (χ4v) is 4.96. The number of aryl methyl sites for hydroxylation is 1. The van der Waals surface area contributed by atoms with Crippen LogP contribution < -0.4 is 10.4 Å². The fourth-order valence-electron chi connectivity index (χ4n) is 4.96. The Morgan fingerprint density at radius 1 is 0.694 bits per heavy atom. The average Bonchev–Trinajstić information content (AvgIpc) is 3.02. The number of pyridine rings is 1. The van der Waals surface area contributed by atoms with E-state index < -0.39 is 0 Å². The second-order valence-electron chi connectivity index (χ2n) is 8.89. The summed E-state index contributed by atoms with van der Waals surface area (Å²) in [6.07, 6.45) is 0. The Balaban J connectivity index is 1.98. The van der Waals surface area contributed by atoms with Crippen molar-refractivity contribution in [3.05, 3.63) is 106 Å². The molecule has 2 aromatic carbocycles. The predicted molar refractivity (Wildman–Crippen MR) is 143 cm³/mol. The first kappa shape index (κ1) is 23.2. The first-order valence-corrected chi connectivity index (χ1v) is 11.7. The van der Waals surface area contributed by atoms with Crippen LogP contribution in [0.5, 0.6) is 0 Å². The van der Waals surface area contributed by atoms with E-state index in [1.165, 1.54) is 25.7 Å². The summed E-state index contributed by atoms with van der Waals surface area (Å²) in [7, 11) is 1.47. The van der Waals surface area contributed by atoms with Crippen molar-refractivity contribution in [3.63, 3.8) is 0 Å². The zero-order valence-corrected chi connectivity index (χ0v) is 20.6. The molecule has 1 heterocycles. The number of rotatable bonds is 5. The van der Waals surface area contributed by atoms with E-state index in [2.05, 4.69) is 0 Å². The van der Waals surface area contributed by atoms with Gasteiger partial charge < -0.3 is 4.84 Å². The molecule has 5 heteroatoms. The van der Waals surface area contributed by atoms with Crippen molar-refractivity contribution in [1.82, 2.24) is 4.73 Å². The van der Waals surface area contributed by atoms with Gasteiger partial charge in [0.25, 0.3) is 5.56 Å². The molecule has 0 fully saturated rings. The fraction of sp³-hybridized carbons (Fsp3) is 0.129. The molecule has 0 radical (unpaired) electrons. The van der Waals surface area contributed by atoms with Crippen LogP contribution in [0.25, 0.3) is 44.3 Å². The summed E-state index contributed by atoms with van der Waals surface area (Å²) >= 11 is 0. The van der Waals surface area contributed by atoms with Crippen LogP contribution in [0.3, 0.4) is 0 Å². The number of aromatic nitrogens is 1. The Kier molecular flexibility index (Phi) is 5.77. The molecule has 178 valence electrons. The standard InChI is InChI=1S/C31H25NO4/c1-18-25-8-6-5-7-9-26(25)29-27(18)28(23-14-10-21(11-15-23)19(2)33)30(32(36-4)31(29)35)24-16-12-22(13-17-24)20(3)34/h5-17H,1-4H3. The molecule has 2 aliphatic rings. The minimum atomic E-state index is -0.258. The number of carbonyl (C=O) groups excluding carboxylic acids is 2. The van der Waals surface area contributed by atoms with Gasteiger partial charge in [-0.25, -0.2) is 0 Å². The number of fused-ring (bicyclic) bond motifs is 3. The topological polar surface area (TPSA) is 65.4 Å². The molecule has 0 amide bonds. The van der Waals surface area contributed by atoms with Crippen LogP contribution in [0.15, 0.2) is 83.7 Å². The molecule has 0 saturated heterocycles. The second kappa shape index (κ2) is 8.93. The lowest BCUT2D eigenvalue weighted by Crippen LogP contribution is -2.27. The van der Waals surface area contributed by atoms with Gasteiger partial charge in [0.1, 0.15) is 7.11 Å². The third kappa shape index (κ3) is 3.60. The van der Waals surface area contributed by atoms with Crippen LogP contribution in [-0.2, 0) is 0 Å². The van der Waals surface area contributed by atoms with Crippen LogP contribution in [0.4, 0.5) is 0 Å². The van der Waals surface area contributed by atoms with E-state index in [1.807, 2.05) is 61.5 Å². The van der Waals surface area contributed by atoms with E-state index in [9.17, 15) is 14.4 Å². The molecular weight excluding hydrogens is 450 g/mol. The SMILES string of the molecule is COn1c(-c2ccc(C(C)=O)cc2)c(-c2ccc(C(C)=O)cc2)c2c(C)c3cccccc-3c2c1=O. The van der Waals surface area contributed by atoms with Crippen LogP contribution >= 0.6 is 0 Å². The smallest absolute Gasteiger partial charge is 0.292 e. The lowest BCUT2D eigenvalue weighted by Gasteiger charge is -2.19. The Hall–Kier alpha value is -4.51. The van der Waals surface area contributed by atoms with E-state index in [-0.39, 0.29) is 17.1 Å². The molecule has 0 unspecified atom stereocenters. The average molecular weight is 476 g/mol. The van der Waals surface area contributed by atoms with Gasteiger partial charge in [0.15, 0.2) is 11.6 Å². The highest BCUT2D eigenvalue weighted by molar-refractivity contribution is 6.14. The maximum atomic E-state index is 13.9. The van der Waals surface area contributed by atoms with Gasteiger partial charge in [0, 0.05) is 27.6 Å². The summed E-state index contributed by atoms with van der Waals surface area (Å²) in [6, 6.07) is 24.4. The first-order valence-electron chi connectivity index (χ1n) is 11.7. The highest BCUT2D eigenvalue weighted by atomic mass is 16.6. The Morgan fingerprint density at radius 3 is 1.75 bits per heavy atom. The molecule has 0 atom stereocenters. The molecule has 1 aromatic heterocycles. The molecule has 5 rings (SSSR count). The molecule has 0 N–H and O–H groups in total. The van der Waals surface area contributed by atoms with Crippen molar-refractivity contribution in [2.45, 2.75) is 20.8 Å². The van der Waals surface area contributed by atoms with Crippen LogP contribution in [0, 0.1) is 6.92 Å². The second-order valence-corrected chi connectivity index (χ2v) is 8.89. The van der Waals surface area contributed by atoms with Gasteiger partial charge in [0.2, 0.25) is 0 Å². The Bertz CT molecular complexity index is 1680. The number of benzene rings is 2. The summed E-state index contributed by atoms with van der Waals surface area (Å²) in [5.41, 5.74) is 6.77. The van der Waals surface area contributed by atoms with Crippen LogP contribution in [0.2, 0.25) is 0 Å². The molecule has 0 saturated carbocycles. The molecule has 2 aliphatic carbocycles. The van der Waals surface area contributed by atoms with Gasteiger partial charge in [-0.1, -0.05) is 78.9 Å². The van der Waals surface area contributed by atoms with Crippen molar-refractivity contribution in [2.24, 2.45) is 0 Å². The van der Waals surface area contributed by atoms with Crippen molar-refractivity contribution in [2.75, 3.05) is 7.11 Å². The van der Waals surface area contributed by atoms with Gasteiger partial charge in [-0.3, -0.25) is 14.4 Å². The number of carbonyl (C=O) groups is 2. The monoisotopic (exact) mass is 475 g/mol. The Morgan fingerprint density at radius 2 is 1.22 bits per heavy atom. The number of nitrogens with zero attached hydrogens (tertiary/aromatic N) is 1. The van der Waals surface area contributed by atoms with Crippen molar-refractivity contribution in [1.29, 1.82) is 0 Å². The van der Waals surface area contributed by atoms with Gasteiger partial charge >= 0.3 is 0 Å². The molecule has 0 bridgehead atoms. The lowest BCUT2D eigenvalue weighted by atomic mass is 9.93. The highest BCUT2D eigenvalue weighted by Gasteiger charge is 2.27. The molecular formula is C31H25NO4. The van der Waals surface area contributed by atoms with E-state index in [0.717, 1.165) is 38.8 Å². The van der Waals surface area contributed by atoms with E-state index in [1.54, 1.807) is 24.3 Å². The minimum Gasteiger partial charge on any atom is -0.413 e. The number of hydrogen-bond donors (Lipinski definition) is 0. The van der Waals surface area contributed by atoms with E-state index in [4.69, 9.17) is 4.84 Å². The molecule has 0 spiro atoms. The minimum absolute atomic E-state index is 0.0173.